The number of ether oxygens (including phenoxy) is 1. The van der Waals surface area contributed by atoms with E-state index in [0.29, 0.717) is 38.7 Å². The van der Waals surface area contributed by atoms with Crippen LogP contribution < -0.4 is 10.1 Å². The van der Waals surface area contributed by atoms with Gasteiger partial charge < -0.3 is 10.1 Å². The monoisotopic (exact) mass is 393 g/mol. The third-order valence-corrected chi connectivity index (χ3v) is 4.56. The molecule has 0 bridgehead atoms. The zero-order valence-corrected chi connectivity index (χ0v) is 15.9. The van der Waals surface area contributed by atoms with Crippen molar-refractivity contribution < 1.29 is 9.53 Å². The highest BCUT2D eigenvalue weighted by Crippen LogP contribution is 2.27. The predicted molar refractivity (Wildman–Crippen MR) is 107 cm³/mol. The van der Waals surface area contributed by atoms with Crippen molar-refractivity contribution in [3.8, 4) is 11.4 Å². The number of aryl methyl sites for hydroxylation is 1. The Kier molecular flexibility index (Phi) is 4.67. The summed E-state index contributed by atoms with van der Waals surface area (Å²) in [7, 11) is 1.56. The second kappa shape index (κ2) is 7.28. The molecule has 0 radical (unpaired) electrons. The van der Waals surface area contributed by atoms with Crippen molar-refractivity contribution in [2.24, 2.45) is 0 Å². The zero-order valence-electron chi connectivity index (χ0n) is 15.2. The third kappa shape index (κ3) is 3.39. The molecule has 0 saturated carbocycles. The Morgan fingerprint density at radius 3 is 2.61 bits per heavy atom. The van der Waals surface area contributed by atoms with E-state index in [-0.39, 0.29) is 5.91 Å². The first kappa shape index (κ1) is 17.9. The number of halogens is 1. The maximum atomic E-state index is 12.4. The van der Waals surface area contributed by atoms with Crippen molar-refractivity contribution in [3.63, 3.8) is 0 Å². The number of benzene rings is 2. The van der Waals surface area contributed by atoms with E-state index in [9.17, 15) is 4.79 Å². The standard InChI is InChI=1S/C20H16ClN5O2/c1-12-8-17-18(10-16(12)23-20(27)13-4-3-7-22-11-13)25-26(24-17)14-5-6-19(28-2)15(21)9-14/h3-11H,1-2H3,(H,23,27). The second-order valence-electron chi connectivity index (χ2n) is 6.16. The van der Waals surface area contributed by atoms with Crippen LogP contribution in [0.3, 0.4) is 0 Å². The molecule has 1 amide bonds. The summed E-state index contributed by atoms with van der Waals surface area (Å²) in [5.74, 6) is 0.350. The van der Waals surface area contributed by atoms with Crippen molar-refractivity contribution in [2.75, 3.05) is 12.4 Å². The first-order valence-corrected chi connectivity index (χ1v) is 8.86. The van der Waals surface area contributed by atoms with Crippen molar-refractivity contribution in [1.29, 1.82) is 0 Å². The summed E-state index contributed by atoms with van der Waals surface area (Å²) in [6.07, 6.45) is 3.14. The second-order valence-corrected chi connectivity index (χ2v) is 6.57. The van der Waals surface area contributed by atoms with E-state index in [1.165, 1.54) is 11.0 Å². The van der Waals surface area contributed by atoms with Crippen molar-refractivity contribution >= 4 is 34.2 Å². The number of pyridine rings is 1. The van der Waals surface area contributed by atoms with Crippen LogP contribution in [-0.4, -0.2) is 33.0 Å². The van der Waals surface area contributed by atoms with Gasteiger partial charge >= 0.3 is 0 Å². The normalized spacial score (nSPS) is 10.8. The lowest BCUT2D eigenvalue weighted by Gasteiger charge is -2.07. The van der Waals surface area contributed by atoms with E-state index < -0.39 is 0 Å². The Morgan fingerprint density at radius 2 is 1.93 bits per heavy atom. The van der Waals surface area contributed by atoms with Crippen LogP contribution in [0.4, 0.5) is 5.69 Å². The van der Waals surface area contributed by atoms with Gasteiger partial charge in [-0.1, -0.05) is 11.6 Å². The molecule has 2 aromatic carbocycles. The first-order chi connectivity index (χ1) is 13.5. The summed E-state index contributed by atoms with van der Waals surface area (Å²) in [5.41, 5.74) is 4.10. The van der Waals surface area contributed by atoms with Crippen molar-refractivity contribution in [1.82, 2.24) is 20.0 Å². The van der Waals surface area contributed by atoms with Crippen LogP contribution in [-0.2, 0) is 0 Å². The summed E-state index contributed by atoms with van der Waals surface area (Å²) in [6.45, 7) is 1.90. The number of aromatic nitrogens is 4. The topological polar surface area (TPSA) is 81.9 Å². The number of hydrogen-bond acceptors (Lipinski definition) is 5. The Bertz CT molecular complexity index is 1170. The van der Waals surface area contributed by atoms with Crippen LogP contribution in [0, 0.1) is 6.92 Å². The maximum absolute atomic E-state index is 12.4. The highest BCUT2D eigenvalue weighted by Gasteiger charge is 2.12. The molecule has 2 heterocycles. The number of hydrogen-bond donors (Lipinski definition) is 1. The van der Waals surface area contributed by atoms with E-state index in [1.54, 1.807) is 43.6 Å². The predicted octanol–water partition coefficient (Wildman–Crippen LogP) is 4.04. The number of nitrogens with zero attached hydrogens (tertiary/aromatic N) is 4. The molecule has 0 spiro atoms. The molecule has 4 rings (SSSR count). The number of amides is 1. The number of anilines is 1. The molecule has 0 atom stereocenters. The molecule has 7 nitrogen and oxygen atoms in total. The van der Waals surface area contributed by atoms with Gasteiger partial charge in [-0.2, -0.15) is 4.80 Å². The Morgan fingerprint density at radius 1 is 1.14 bits per heavy atom. The van der Waals surface area contributed by atoms with E-state index >= 15 is 0 Å². The summed E-state index contributed by atoms with van der Waals surface area (Å²) in [6, 6.07) is 12.4. The summed E-state index contributed by atoms with van der Waals surface area (Å²) < 4.78 is 5.17. The molecule has 1 N–H and O–H groups in total. The van der Waals surface area contributed by atoms with Gasteiger partial charge in [0, 0.05) is 18.1 Å². The lowest BCUT2D eigenvalue weighted by atomic mass is 10.1. The van der Waals surface area contributed by atoms with Crippen molar-refractivity contribution in [2.45, 2.75) is 6.92 Å². The van der Waals surface area contributed by atoms with Gasteiger partial charge in [0.25, 0.3) is 5.91 Å². The van der Waals surface area contributed by atoms with Crippen LogP contribution in [0.2, 0.25) is 5.02 Å². The van der Waals surface area contributed by atoms with E-state index in [0.717, 1.165) is 5.56 Å². The fourth-order valence-electron chi connectivity index (χ4n) is 2.79. The molecule has 2 aromatic heterocycles. The molecule has 0 unspecified atom stereocenters. The van der Waals surface area contributed by atoms with Crippen LogP contribution in [0.1, 0.15) is 15.9 Å². The van der Waals surface area contributed by atoms with Gasteiger partial charge in [0.1, 0.15) is 16.8 Å². The highest BCUT2D eigenvalue weighted by molar-refractivity contribution is 6.32. The average molecular weight is 394 g/mol. The molecule has 28 heavy (non-hydrogen) atoms. The van der Waals surface area contributed by atoms with Crippen LogP contribution in [0.15, 0.2) is 54.9 Å². The smallest absolute Gasteiger partial charge is 0.257 e. The number of carbonyl (C=O) groups is 1. The number of carbonyl (C=O) groups excluding carboxylic acids is 1. The van der Waals surface area contributed by atoms with Gasteiger partial charge in [-0.15, -0.1) is 10.2 Å². The van der Waals surface area contributed by atoms with Gasteiger partial charge in [-0.3, -0.25) is 9.78 Å². The number of rotatable bonds is 4. The molecule has 0 aliphatic rings. The molecule has 8 heteroatoms. The number of fused-ring (bicyclic) bond motifs is 1. The minimum Gasteiger partial charge on any atom is -0.495 e. The maximum Gasteiger partial charge on any atom is 0.257 e. The molecule has 0 aliphatic heterocycles. The fourth-order valence-corrected chi connectivity index (χ4v) is 3.04. The van der Waals surface area contributed by atoms with Crippen LogP contribution in [0.5, 0.6) is 5.75 Å². The molecular formula is C20H16ClN5O2. The molecule has 4 aromatic rings. The third-order valence-electron chi connectivity index (χ3n) is 4.26. The minimum atomic E-state index is -0.232. The Labute approximate surface area is 165 Å². The van der Waals surface area contributed by atoms with Crippen LogP contribution in [0.25, 0.3) is 16.7 Å². The minimum absolute atomic E-state index is 0.232. The number of nitrogens with one attached hydrogen (secondary N) is 1. The highest BCUT2D eigenvalue weighted by atomic mass is 35.5. The Hall–Kier alpha value is -3.45. The fraction of sp³-hybridized carbons (Fsp3) is 0.100. The lowest BCUT2D eigenvalue weighted by Crippen LogP contribution is -2.12. The van der Waals surface area contributed by atoms with Gasteiger partial charge in [0.15, 0.2) is 0 Å². The van der Waals surface area contributed by atoms with Gasteiger partial charge in [0.2, 0.25) is 0 Å². The van der Waals surface area contributed by atoms with Gasteiger partial charge in [0.05, 0.1) is 23.4 Å². The average Bonchev–Trinajstić information content (AvgIpc) is 3.11. The van der Waals surface area contributed by atoms with Gasteiger partial charge in [-0.05, 0) is 55.0 Å². The lowest BCUT2D eigenvalue weighted by molar-refractivity contribution is 0.102. The van der Waals surface area contributed by atoms with Crippen LogP contribution >= 0.6 is 11.6 Å². The van der Waals surface area contributed by atoms with E-state index in [2.05, 4.69) is 20.5 Å². The quantitative estimate of drug-likeness (QED) is 0.566. The Balaban J connectivity index is 1.67. The SMILES string of the molecule is COc1ccc(-n2nc3cc(C)c(NC(=O)c4cccnc4)cc3n2)cc1Cl. The van der Waals surface area contributed by atoms with Crippen molar-refractivity contribution in [3.05, 3.63) is 71.0 Å². The summed E-state index contributed by atoms with van der Waals surface area (Å²) in [4.78, 5) is 17.9. The number of methoxy groups -OCH3 is 1. The van der Waals surface area contributed by atoms with E-state index in [4.69, 9.17) is 16.3 Å². The summed E-state index contributed by atoms with van der Waals surface area (Å²) >= 11 is 6.20. The van der Waals surface area contributed by atoms with E-state index in [1.807, 2.05) is 19.1 Å². The molecular weight excluding hydrogens is 378 g/mol. The largest absolute Gasteiger partial charge is 0.495 e. The molecule has 0 saturated heterocycles. The molecule has 0 aliphatic carbocycles. The first-order valence-electron chi connectivity index (χ1n) is 8.48. The zero-order chi connectivity index (χ0) is 19.7. The molecule has 140 valence electrons. The summed E-state index contributed by atoms with van der Waals surface area (Å²) in [5, 5.41) is 12.4. The van der Waals surface area contributed by atoms with Gasteiger partial charge in [-0.25, -0.2) is 0 Å². The molecule has 0 fully saturated rings.